The Labute approximate surface area is 161 Å². The summed E-state index contributed by atoms with van der Waals surface area (Å²) in [4.78, 5) is 27.2. The first-order valence-corrected chi connectivity index (χ1v) is 9.00. The molecule has 144 valence electrons. The molecule has 1 aliphatic heterocycles. The second-order valence-electron chi connectivity index (χ2n) is 6.21. The zero-order valence-electron chi connectivity index (χ0n) is 14.9. The number of anilines is 1. The lowest BCUT2D eigenvalue weighted by Gasteiger charge is -2.24. The molecule has 0 radical (unpaired) electrons. The van der Waals surface area contributed by atoms with Crippen LogP contribution in [0.25, 0.3) is 0 Å². The molecule has 8 nitrogen and oxygen atoms in total. The normalized spacial score (nSPS) is 16.4. The number of ether oxygens (including phenoxy) is 1. The van der Waals surface area contributed by atoms with Crippen LogP contribution in [-0.4, -0.2) is 57.9 Å². The van der Waals surface area contributed by atoms with Crippen LogP contribution < -0.4 is 10.1 Å². The number of benzene rings is 1. The number of carbonyl (C=O) groups is 2. The van der Waals surface area contributed by atoms with E-state index in [4.69, 9.17) is 21.4 Å². The van der Waals surface area contributed by atoms with Crippen molar-refractivity contribution in [2.24, 2.45) is 0 Å². The van der Waals surface area contributed by atoms with Crippen molar-refractivity contribution in [3.8, 4) is 5.75 Å². The number of aliphatic hydroxyl groups is 1. The fraction of sp³-hybridized carbons (Fsp3) is 0.389. The Balaban J connectivity index is 1.75. The van der Waals surface area contributed by atoms with Crippen molar-refractivity contribution in [1.29, 1.82) is 0 Å². The number of nitrogens with zero attached hydrogens (tertiary/aromatic N) is 3. The zero-order chi connectivity index (χ0) is 19.4. The van der Waals surface area contributed by atoms with Gasteiger partial charge in [-0.05, 0) is 31.0 Å². The van der Waals surface area contributed by atoms with Gasteiger partial charge in [0.2, 0.25) is 5.91 Å². The van der Waals surface area contributed by atoms with E-state index in [1.165, 1.54) is 18.0 Å². The maximum Gasteiger partial charge on any atom is 0.258 e. The van der Waals surface area contributed by atoms with Crippen LogP contribution in [-0.2, 0) is 11.3 Å². The summed E-state index contributed by atoms with van der Waals surface area (Å²) in [5, 5.41) is 16.2. The van der Waals surface area contributed by atoms with Gasteiger partial charge in [-0.1, -0.05) is 11.6 Å². The maximum atomic E-state index is 13.0. The standard InChI is InChI=1S/C18H21ClN4O4/c1-27-16-5-4-12(19)9-14(16)18(26)23-6-2-3-15(23)17(25)21-13-10-20-22(11-13)7-8-24/h4-5,9-11,15,24H,2-3,6-8H2,1H3,(H,21,25). The van der Waals surface area contributed by atoms with Crippen LogP contribution >= 0.6 is 11.6 Å². The van der Waals surface area contributed by atoms with Crippen LogP contribution in [0.2, 0.25) is 5.02 Å². The van der Waals surface area contributed by atoms with Crippen LogP contribution in [0.1, 0.15) is 23.2 Å². The van der Waals surface area contributed by atoms with E-state index in [-0.39, 0.29) is 18.4 Å². The number of likely N-dealkylation sites (tertiary alicyclic amines) is 1. The molecule has 1 aromatic heterocycles. The van der Waals surface area contributed by atoms with Gasteiger partial charge in [-0.2, -0.15) is 5.10 Å². The number of carbonyl (C=O) groups excluding carboxylic acids is 2. The first-order chi connectivity index (χ1) is 13.0. The monoisotopic (exact) mass is 392 g/mol. The Hall–Kier alpha value is -2.58. The molecule has 1 fully saturated rings. The van der Waals surface area contributed by atoms with E-state index in [1.54, 1.807) is 29.3 Å². The third-order valence-electron chi connectivity index (χ3n) is 4.44. The number of amides is 2. The van der Waals surface area contributed by atoms with Crippen molar-refractivity contribution in [3.05, 3.63) is 41.2 Å². The van der Waals surface area contributed by atoms with Crippen molar-refractivity contribution < 1.29 is 19.4 Å². The van der Waals surface area contributed by atoms with E-state index in [1.807, 2.05) is 0 Å². The predicted molar refractivity (Wildman–Crippen MR) is 100 cm³/mol. The summed E-state index contributed by atoms with van der Waals surface area (Å²) >= 11 is 6.03. The highest BCUT2D eigenvalue weighted by Gasteiger charge is 2.35. The molecule has 0 bridgehead atoms. The first kappa shape index (κ1) is 19.2. The average molecular weight is 393 g/mol. The average Bonchev–Trinajstić information content (AvgIpc) is 3.31. The summed E-state index contributed by atoms with van der Waals surface area (Å²) in [6, 6.07) is 4.25. The third-order valence-corrected chi connectivity index (χ3v) is 4.67. The number of rotatable bonds is 6. The highest BCUT2D eigenvalue weighted by molar-refractivity contribution is 6.31. The van der Waals surface area contributed by atoms with Gasteiger partial charge in [-0.15, -0.1) is 0 Å². The Kier molecular flexibility index (Phi) is 5.98. The summed E-state index contributed by atoms with van der Waals surface area (Å²) in [5.74, 6) is -0.144. The Morgan fingerprint density at radius 3 is 3.00 bits per heavy atom. The molecule has 1 atom stereocenters. The van der Waals surface area contributed by atoms with Crippen LogP contribution in [0.5, 0.6) is 5.75 Å². The van der Waals surface area contributed by atoms with E-state index >= 15 is 0 Å². The van der Waals surface area contributed by atoms with Crippen LogP contribution in [0.15, 0.2) is 30.6 Å². The lowest BCUT2D eigenvalue weighted by molar-refractivity contribution is -0.119. The number of hydrogen-bond donors (Lipinski definition) is 2. The number of nitrogens with one attached hydrogen (secondary N) is 1. The Morgan fingerprint density at radius 1 is 1.44 bits per heavy atom. The molecule has 1 saturated heterocycles. The highest BCUT2D eigenvalue weighted by Crippen LogP contribution is 2.28. The fourth-order valence-electron chi connectivity index (χ4n) is 3.16. The van der Waals surface area contributed by atoms with E-state index in [0.717, 1.165) is 6.42 Å². The minimum absolute atomic E-state index is 0.0402. The van der Waals surface area contributed by atoms with Gasteiger partial charge < -0.3 is 20.1 Å². The molecule has 0 spiro atoms. The predicted octanol–water partition coefficient (Wildman–Crippen LogP) is 1.78. The molecule has 2 aromatic rings. The van der Waals surface area contributed by atoms with Gasteiger partial charge in [0.15, 0.2) is 0 Å². The van der Waals surface area contributed by atoms with E-state index < -0.39 is 6.04 Å². The number of hydrogen-bond acceptors (Lipinski definition) is 5. The maximum absolute atomic E-state index is 13.0. The lowest BCUT2D eigenvalue weighted by Crippen LogP contribution is -2.43. The van der Waals surface area contributed by atoms with Gasteiger partial charge >= 0.3 is 0 Å². The minimum atomic E-state index is -0.581. The molecular weight excluding hydrogens is 372 g/mol. The van der Waals surface area contributed by atoms with E-state index in [0.29, 0.717) is 41.5 Å². The molecule has 1 aliphatic rings. The molecule has 27 heavy (non-hydrogen) atoms. The van der Waals surface area contributed by atoms with Crippen molar-refractivity contribution in [2.75, 3.05) is 25.6 Å². The second-order valence-corrected chi connectivity index (χ2v) is 6.64. The molecule has 9 heteroatoms. The lowest BCUT2D eigenvalue weighted by atomic mass is 10.1. The largest absolute Gasteiger partial charge is 0.496 e. The van der Waals surface area contributed by atoms with Gasteiger partial charge in [0, 0.05) is 17.8 Å². The molecule has 0 saturated carbocycles. The van der Waals surface area contributed by atoms with Crippen molar-refractivity contribution in [2.45, 2.75) is 25.4 Å². The first-order valence-electron chi connectivity index (χ1n) is 8.62. The van der Waals surface area contributed by atoms with E-state index in [9.17, 15) is 9.59 Å². The molecule has 1 aromatic carbocycles. The van der Waals surface area contributed by atoms with Crippen molar-refractivity contribution in [3.63, 3.8) is 0 Å². The van der Waals surface area contributed by atoms with Crippen molar-refractivity contribution in [1.82, 2.24) is 14.7 Å². The second kappa shape index (κ2) is 8.41. The Bertz CT molecular complexity index is 839. The summed E-state index contributed by atoms with van der Waals surface area (Å²) in [6.07, 6.45) is 4.45. The molecule has 2 amide bonds. The molecule has 0 aliphatic carbocycles. The summed E-state index contributed by atoms with van der Waals surface area (Å²) in [7, 11) is 1.48. The van der Waals surface area contributed by atoms with Gasteiger partial charge in [0.1, 0.15) is 11.8 Å². The van der Waals surface area contributed by atoms with Gasteiger partial charge in [-0.25, -0.2) is 0 Å². The fourth-order valence-corrected chi connectivity index (χ4v) is 3.33. The summed E-state index contributed by atoms with van der Waals surface area (Å²) in [6.45, 7) is 0.788. The van der Waals surface area contributed by atoms with Gasteiger partial charge in [0.25, 0.3) is 5.91 Å². The molecule has 2 heterocycles. The van der Waals surface area contributed by atoms with E-state index in [2.05, 4.69) is 10.4 Å². The number of halogens is 1. The minimum Gasteiger partial charge on any atom is -0.496 e. The summed E-state index contributed by atoms with van der Waals surface area (Å²) in [5.41, 5.74) is 0.855. The topological polar surface area (TPSA) is 96.7 Å². The van der Waals surface area contributed by atoms with Crippen LogP contribution in [0.3, 0.4) is 0 Å². The third kappa shape index (κ3) is 4.23. The number of aliphatic hydroxyl groups excluding tert-OH is 1. The van der Waals surface area contributed by atoms with Crippen LogP contribution in [0, 0.1) is 0 Å². The molecular formula is C18H21ClN4O4. The van der Waals surface area contributed by atoms with Crippen LogP contribution in [0.4, 0.5) is 5.69 Å². The quantitative estimate of drug-likeness (QED) is 0.781. The van der Waals surface area contributed by atoms with Gasteiger partial charge in [0.05, 0.1) is 37.7 Å². The molecule has 1 unspecified atom stereocenters. The Morgan fingerprint density at radius 2 is 2.26 bits per heavy atom. The van der Waals surface area contributed by atoms with Crippen molar-refractivity contribution >= 4 is 29.1 Å². The number of aromatic nitrogens is 2. The highest BCUT2D eigenvalue weighted by atomic mass is 35.5. The van der Waals surface area contributed by atoms with Gasteiger partial charge in [-0.3, -0.25) is 14.3 Å². The summed E-state index contributed by atoms with van der Waals surface area (Å²) < 4.78 is 6.79. The SMILES string of the molecule is COc1ccc(Cl)cc1C(=O)N1CCCC1C(=O)Nc1cnn(CCO)c1. The zero-order valence-corrected chi connectivity index (χ0v) is 15.6. The molecule has 2 N–H and O–H groups in total. The molecule has 3 rings (SSSR count). The number of methoxy groups -OCH3 is 1. The smallest absolute Gasteiger partial charge is 0.258 e.